The highest BCUT2D eigenvalue weighted by atomic mass is 16.5. The molecule has 1 atom stereocenters. The van der Waals surface area contributed by atoms with Gasteiger partial charge in [-0.05, 0) is 42.7 Å². The largest absolute Gasteiger partial charge is 0.457 e. The number of benzene rings is 1. The lowest BCUT2D eigenvalue weighted by molar-refractivity contribution is -0.124. The zero-order valence-corrected chi connectivity index (χ0v) is 18.8. The van der Waals surface area contributed by atoms with Crippen LogP contribution in [0.5, 0.6) is 0 Å². The van der Waals surface area contributed by atoms with E-state index >= 15 is 0 Å². The van der Waals surface area contributed by atoms with Gasteiger partial charge in [0.15, 0.2) is 5.82 Å². The molecule has 34 heavy (non-hydrogen) atoms. The van der Waals surface area contributed by atoms with Gasteiger partial charge in [-0.15, -0.1) is 0 Å². The molecule has 3 heterocycles. The van der Waals surface area contributed by atoms with Crippen LogP contribution < -0.4 is 10.6 Å². The minimum absolute atomic E-state index is 0.212. The standard InChI is InChI=1S/C24H24N6O4/c1-14-5-22(27-9-17(14)6-25)30-11-16(8-28-30)7-26-10-21(29-23(32)12-31)18-3-4-19-20(15(18)2)13-34-24(19)33/h3-5,8-9,11,21,26,31H,7,10,12-13H2,1-2H3,(H,29,32). The van der Waals surface area contributed by atoms with Gasteiger partial charge in [0.1, 0.15) is 19.3 Å². The molecule has 0 saturated heterocycles. The van der Waals surface area contributed by atoms with E-state index in [0.717, 1.165) is 27.8 Å². The summed E-state index contributed by atoms with van der Waals surface area (Å²) in [6.07, 6.45) is 5.08. The van der Waals surface area contributed by atoms with Gasteiger partial charge in [-0.3, -0.25) is 4.79 Å². The Morgan fingerprint density at radius 2 is 2.18 bits per heavy atom. The molecule has 0 saturated carbocycles. The van der Waals surface area contributed by atoms with E-state index in [4.69, 9.17) is 10.00 Å². The Kier molecular flexibility index (Phi) is 6.67. The Hall–Kier alpha value is -4.07. The van der Waals surface area contributed by atoms with Crippen LogP contribution in [0.15, 0.2) is 36.8 Å². The minimum Gasteiger partial charge on any atom is -0.457 e. The molecule has 0 spiro atoms. The Morgan fingerprint density at radius 3 is 2.91 bits per heavy atom. The highest BCUT2D eigenvalue weighted by molar-refractivity contribution is 5.94. The van der Waals surface area contributed by atoms with Crippen LogP contribution >= 0.6 is 0 Å². The zero-order chi connectivity index (χ0) is 24.2. The summed E-state index contributed by atoms with van der Waals surface area (Å²) in [4.78, 5) is 28.1. The number of rotatable bonds is 8. The Labute approximate surface area is 196 Å². The van der Waals surface area contributed by atoms with Crippen molar-refractivity contribution in [2.75, 3.05) is 13.2 Å². The van der Waals surface area contributed by atoms with Gasteiger partial charge in [-0.2, -0.15) is 10.4 Å². The van der Waals surface area contributed by atoms with E-state index in [1.807, 2.05) is 26.1 Å². The van der Waals surface area contributed by atoms with Crippen LogP contribution in [0, 0.1) is 25.2 Å². The Morgan fingerprint density at radius 1 is 1.35 bits per heavy atom. The lowest BCUT2D eigenvalue weighted by Gasteiger charge is -2.22. The van der Waals surface area contributed by atoms with Crippen molar-refractivity contribution in [1.29, 1.82) is 5.26 Å². The van der Waals surface area contributed by atoms with Crippen molar-refractivity contribution >= 4 is 11.9 Å². The highest BCUT2D eigenvalue weighted by Gasteiger charge is 2.26. The van der Waals surface area contributed by atoms with E-state index in [1.54, 1.807) is 23.0 Å². The molecule has 1 aromatic carbocycles. The molecule has 1 unspecified atom stereocenters. The fraction of sp³-hybridized carbons (Fsp3) is 0.292. The molecule has 4 rings (SSSR count). The van der Waals surface area contributed by atoms with Gasteiger partial charge in [0.05, 0.1) is 23.4 Å². The number of cyclic esters (lactones) is 1. The number of hydrogen-bond donors (Lipinski definition) is 3. The Bertz CT molecular complexity index is 1290. The number of aliphatic hydroxyl groups is 1. The molecule has 0 bridgehead atoms. The number of aromatic nitrogens is 3. The molecular weight excluding hydrogens is 436 g/mol. The van der Waals surface area contributed by atoms with Crippen molar-refractivity contribution in [3.05, 3.63) is 75.7 Å². The molecule has 1 aliphatic heterocycles. The predicted octanol–water partition coefficient (Wildman–Crippen LogP) is 1.37. The molecule has 0 aliphatic carbocycles. The molecular formula is C24H24N6O4. The summed E-state index contributed by atoms with van der Waals surface area (Å²) >= 11 is 0. The fourth-order valence-electron chi connectivity index (χ4n) is 3.94. The van der Waals surface area contributed by atoms with Crippen LogP contribution in [0.3, 0.4) is 0 Å². The molecule has 10 heteroatoms. The van der Waals surface area contributed by atoms with E-state index in [9.17, 15) is 14.7 Å². The fourth-order valence-corrected chi connectivity index (χ4v) is 3.94. The number of nitrogens with zero attached hydrogens (tertiary/aromatic N) is 4. The summed E-state index contributed by atoms with van der Waals surface area (Å²) in [5, 5.41) is 28.8. The van der Waals surface area contributed by atoms with Crippen molar-refractivity contribution in [2.45, 2.75) is 33.0 Å². The minimum atomic E-state index is -0.619. The average Bonchev–Trinajstić information content (AvgIpc) is 3.46. The van der Waals surface area contributed by atoms with Crippen LogP contribution in [-0.4, -0.2) is 44.9 Å². The van der Waals surface area contributed by atoms with Gasteiger partial charge in [-0.1, -0.05) is 6.07 Å². The monoisotopic (exact) mass is 460 g/mol. The quantitative estimate of drug-likeness (QED) is 0.428. The third-order valence-electron chi connectivity index (χ3n) is 5.83. The number of hydrogen-bond acceptors (Lipinski definition) is 8. The first kappa shape index (κ1) is 23.1. The first-order valence-corrected chi connectivity index (χ1v) is 10.7. The number of amides is 1. The maximum Gasteiger partial charge on any atom is 0.338 e. The molecule has 3 N–H and O–H groups in total. The van der Waals surface area contributed by atoms with Crippen LogP contribution in [0.4, 0.5) is 0 Å². The summed E-state index contributed by atoms with van der Waals surface area (Å²) in [7, 11) is 0. The number of fused-ring (bicyclic) bond motifs is 1. The van der Waals surface area contributed by atoms with Crippen LogP contribution in [0.1, 0.15) is 49.8 Å². The van der Waals surface area contributed by atoms with Gasteiger partial charge in [-0.25, -0.2) is 14.5 Å². The van der Waals surface area contributed by atoms with Gasteiger partial charge >= 0.3 is 5.97 Å². The molecule has 3 aromatic rings. The maximum atomic E-state index is 12.0. The summed E-state index contributed by atoms with van der Waals surface area (Å²) in [6.45, 7) is 4.20. The highest BCUT2D eigenvalue weighted by Crippen LogP contribution is 2.29. The van der Waals surface area contributed by atoms with Crippen molar-refractivity contribution in [2.24, 2.45) is 0 Å². The molecule has 174 valence electrons. The maximum absolute atomic E-state index is 12.0. The first-order chi connectivity index (χ1) is 16.4. The van der Waals surface area contributed by atoms with Crippen molar-refractivity contribution in [3.8, 4) is 11.9 Å². The van der Waals surface area contributed by atoms with E-state index < -0.39 is 18.6 Å². The van der Waals surface area contributed by atoms with Gasteiger partial charge < -0.3 is 20.5 Å². The molecule has 1 aliphatic rings. The topological polar surface area (TPSA) is 142 Å². The first-order valence-electron chi connectivity index (χ1n) is 10.7. The molecule has 0 fully saturated rings. The van der Waals surface area contributed by atoms with E-state index in [2.05, 4.69) is 26.8 Å². The SMILES string of the molecule is Cc1cc(-n2cc(CNCC(NC(=O)CO)c3ccc4c(c3C)COC4=O)cn2)ncc1C#N. The molecule has 10 nitrogen and oxygen atoms in total. The third kappa shape index (κ3) is 4.66. The van der Waals surface area contributed by atoms with Gasteiger partial charge in [0, 0.05) is 36.6 Å². The third-order valence-corrected chi connectivity index (χ3v) is 5.83. The number of carbonyl (C=O) groups excluding carboxylic acids is 2. The second kappa shape index (κ2) is 9.82. The summed E-state index contributed by atoms with van der Waals surface area (Å²) in [5.74, 6) is -0.224. The number of ether oxygens (including phenoxy) is 1. The lowest BCUT2D eigenvalue weighted by atomic mass is 9.94. The molecule has 2 aromatic heterocycles. The van der Waals surface area contributed by atoms with Crippen molar-refractivity contribution in [3.63, 3.8) is 0 Å². The second-order valence-corrected chi connectivity index (χ2v) is 8.05. The zero-order valence-electron chi connectivity index (χ0n) is 18.8. The number of esters is 1. The van der Waals surface area contributed by atoms with Crippen LogP contribution in [-0.2, 0) is 22.7 Å². The summed E-state index contributed by atoms with van der Waals surface area (Å²) in [6, 6.07) is 7.00. The number of nitriles is 1. The number of aliphatic hydroxyl groups excluding tert-OH is 1. The van der Waals surface area contributed by atoms with Crippen molar-refractivity contribution in [1.82, 2.24) is 25.4 Å². The average molecular weight is 460 g/mol. The summed E-state index contributed by atoms with van der Waals surface area (Å²) < 4.78 is 6.76. The summed E-state index contributed by atoms with van der Waals surface area (Å²) in [5.41, 5.74) is 5.33. The number of aryl methyl sites for hydroxylation is 1. The number of carbonyl (C=O) groups is 2. The lowest BCUT2D eigenvalue weighted by Crippen LogP contribution is -2.37. The van der Waals surface area contributed by atoms with Crippen LogP contribution in [0.2, 0.25) is 0 Å². The van der Waals surface area contributed by atoms with E-state index in [1.165, 1.54) is 6.20 Å². The van der Waals surface area contributed by atoms with Crippen molar-refractivity contribution < 1.29 is 19.4 Å². The van der Waals surface area contributed by atoms with Gasteiger partial charge in [0.2, 0.25) is 5.91 Å². The number of pyridine rings is 1. The Balaban J connectivity index is 1.46. The smallest absolute Gasteiger partial charge is 0.338 e. The van der Waals surface area contributed by atoms with E-state index in [0.29, 0.717) is 30.0 Å². The predicted molar refractivity (Wildman–Crippen MR) is 121 cm³/mol. The van der Waals surface area contributed by atoms with E-state index in [-0.39, 0.29) is 12.6 Å². The van der Waals surface area contributed by atoms with Gasteiger partial charge in [0.25, 0.3) is 0 Å². The normalized spacial score (nSPS) is 13.2. The second-order valence-electron chi connectivity index (χ2n) is 8.05. The number of nitrogens with one attached hydrogen (secondary N) is 2. The molecule has 0 radical (unpaired) electrons. The van der Waals surface area contributed by atoms with Crippen LogP contribution in [0.25, 0.3) is 5.82 Å². The molecule has 1 amide bonds.